The van der Waals surface area contributed by atoms with Crippen LogP contribution in [0.1, 0.15) is 17.3 Å². The van der Waals surface area contributed by atoms with Gasteiger partial charge in [0.2, 0.25) is 5.91 Å². The van der Waals surface area contributed by atoms with Crippen molar-refractivity contribution in [3.63, 3.8) is 0 Å². The number of likely N-dealkylation sites (N-methyl/N-ethyl adjacent to an activating group) is 2. The van der Waals surface area contributed by atoms with E-state index < -0.39 is 0 Å². The molecule has 1 aromatic carbocycles. The minimum atomic E-state index is -0.0213. The van der Waals surface area contributed by atoms with Crippen LogP contribution >= 0.6 is 0 Å². The smallest absolute Gasteiger partial charge is 0.236 e. The van der Waals surface area contributed by atoms with Gasteiger partial charge in [0.05, 0.1) is 19.7 Å². The summed E-state index contributed by atoms with van der Waals surface area (Å²) in [5.74, 6) is 0.717. The van der Waals surface area contributed by atoms with Gasteiger partial charge in [0.15, 0.2) is 5.78 Å². The third kappa shape index (κ3) is 5.01. The number of hydrogen-bond acceptors (Lipinski definition) is 4. The molecule has 0 heterocycles. The van der Waals surface area contributed by atoms with Gasteiger partial charge in [-0.25, -0.2) is 0 Å². The van der Waals surface area contributed by atoms with Crippen LogP contribution < -0.4 is 4.74 Å². The van der Waals surface area contributed by atoms with E-state index in [1.807, 2.05) is 6.92 Å². The number of Topliss-reactive ketones (excluding diaryl/α,β-unsaturated/α-hetero) is 1. The Kier molecular flexibility index (Phi) is 6.18. The maximum Gasteiger partial charge on any atom is 0.236 e. The number of hydrogen-bond donors (Lipinski definition) is 0. The van der Waals surface area contributed by atoms with E-state index in [1.54, 1.807) is 50.3 Å². The molecule has 110 valence electrons. The zero-order valence-electron chi connectivity index (χ0n) is 12.5. The first-order chi connectivity index (χ1) is 9.43. The van der Waals surface area contributed by atoms with Crippen molar-refractivity contribution >= 4 is 11.7 Å². The van der Waals surface area contributed by atoms with E-state index in [4.69, 9.17) is 4.74 Å². The lowest BCUT2D eigenvalue weighted by atomic mass is 10.1. The maximum absolute atomic E-state index is 12.1. The summed E-state index contributed by atoms with van der Waals surface area (Å²) in [5, 5.41) is 0. The van der Waals surface area contributed by atoms with Crippen LogP contribution in [-0.2, 0) is 4.79 Å². The Balaban J connectivity index is 2.55. The van der Waals surface area contributed by atoms with Gasteiger partial charge in [0.25, 0.3) is 0 Å². The summed E-state index contributed by atoms with van der Waals surface area (Å²) in [5.41, 5.74) is 0.623. The molecule has 20 heavy (non-hydrogen) atoms. The van der Waals surface area contributed by atoms with Crippen molar-refractivity contribution in [3.05, 3.63) is 29.8 Å². The van der Waals surface area contributed by atoms with Crippen LogP contribution in [0, 0.1) is 0 Å². The van der Waals surface area contributed by atoms with Crippen LogP contribution in [0.2, 0.25) is 0 Å². The van der Waals surface area contributed by atoms with E-state index >= 15 is 0 Å². The summed E-state index contributed by atoms with van der Waals surface area (Å²) in [7, 11) is 5.16. The van der Waals surface area contributed by atoms with Crippen molar-refractivity contribution in [2.24, 2.45) is 0 Å². The topological polar surface area (TPSA) is 49.9 Å². The molecule has 1 rings (SSSR count). The van der Waals surface area contributed by atoms with Crippen molar-refractivity contribution in [1.29, 1.82) is 0 Å². The third-order valence-electron chi connectivity index (χ3n) is 2.80. The molecule has 0 bridgehead atoms. The highest BCUT2D eigenvalue weighted by atomic mass is 16.5. The Hall–Kier alpha value is -1.88. The fourth-order valence-electron chi connectivity index (χ4n) is 1.67. The second-order valence-electron chi connectivity index (χ2n) is 4.84. The molecule has 0 radical (unpaired) electrons. The van der Waals surface area contributed by atoms with E-state index in [9.17, 15) is 9.59 Å². The molecule has 0 unspecified atom stereocenters. The first-order valence-corrected chi connectivity index (χ1v) is 6.58. The summed E-state index contributed by atoms with van der Waals surface area (Å²) in [6, 6.07) is 7.05. The lowest BCUT2D eigenvalue weighted by molar-refractivity contribution is -0.129. The number of carbonyl (C=O) groups is 2. The molecule has 0 fully saturated rings. The SMILES string of the molecule is CCOc1ccc(C(=O)CN(C)CC(=O)N(C)C)cc1. The Morgan fingerprint density at radius 2 is 1.65 bits per heavy atom. The fourth-order valence-corrected chi connectivity index (χ4v) is 1.67. The van der Waals surface area contributed by atoms with Crippen molar-refractivity contribution in [3.8, 4) is 5.75 Å². The number of rotatable bonds is 7. The number of ketones is 1. The van der Waals surface area contributed by atoms with Gasteiger partial charge in [0, 0.05) is 19.7 Å². The van der Waals surface area contributed by atoms with Gasteiger partial charge >= 0.3 is 0 Å². The van der Waals surface area contributed by atoms with Gasteiger partial charge in [0.1, 0.15) is 5.75 Å². The van der Waals surface area contributed by atoms with Gasteiger partial charge in [-0.05, 0) is 38.2 Å². The van der Waals surface area contributed by atoms with Crippen LogP contribution in [0.25, 0.3) is 0 Å². The molecule has 0 saturated carbocycles. The minimum Gasteiger partial charge on any atom is -0.494 e. The van der Waals surface area contributed by atoms with Crippen LogP contribution in [0.15, 0.2) is 24.3 Å². The van der Waals surface area contributed by atoms with Crippen molar-refractivity contribution in [2.75, 3.05) is 40.8 Å². The zero-order chi connectivity index (χ0) is 15.1. The molecule has 1 aromatic rings. The summed E-state index contributed by atoms with van der Waals surface area (Å²) < 4.78 is 5.33. The van der Waals surface area contributed by atoms with Crippen molar-refractivity contribution < 1.29 is 14.3 Å². The first-order valence-electron chi connectivity index (χ1n) is 6.58. The molecule has 0 aliphatic heterocycles. The quantitative estimate of drug-likeness (QED) is 0.705. The molecule has 5 nitrogen and oxygen atoms in total. The zero-order valence-corrected chi connectivity index (χ0v) is 12.5. The monoisotopic (exact) mass is 278 g/mol. The Bertz CT molecular complexity index is 455. The lowest BCUT2D eigenvalue weighted by Crippen LogP contribution is -2.36. The standard InChI is InChI=1S/C15H22N2O3/c1-5-20-13-8-6-12(7-9-13)14(18)10-17(4)11-15(19)16(2)3/h6-9H,5,10-11H2,1-4H3. The molecule has 0 saturated heterocycles. The molecule has 0 N–H and O–H groups in total. The summed E-state index contributed by atoms with van der Waals surface area (Å²) in [6.45, 7) is 2.96. The Labute approximate surface area is 120 Å². The number of ether oxygens (including phenoxy) is 1. The lowest BCUT2D eigenvalue weighted by Gasteiger charge is -2.18. The minimum absolute atomic E-state index is 0.0119. The van der Waals surface area contributed by atoms with E-state index in [0.29, 0.717) is 12.2 Å². The molecule has 1 amide bonds. The van der Waals surface area contributed by atoms with Crippen molar-refractivity contribution in [2.45, 2.75) is 6.92 Å². The highest BCUT2D eigenvalue weighted by Gasteiger charge is 2.13. The van der Waals surface area contributed by atoms with Crippen LogP contribution in [0.4, 0.5) is 0 Å². The van der Waals surface area contributed by atoms with E-state index in [1.165, 1.54) is 4.90 Å². The maximum atomic E-state index is 12.1. The number of nitrogens with zero attached hydrogens (tertiary/aromatic N) is 2. The van der Waals surface area contributed by atoms with Crippen LogP contribution in [-0.4, -0.2) is 62.3 Å². The van der Waals surface area contributed by atoms with E-state index in [0.717, 1.165) is 5.75 Å². The van der Waals surface area contributed by atoms with Crippen LogP contribution in [0.3, 0.4) is 0 Å². The molecule has 0 spiro atoms. The van der Waals surface area contributed by atoms with Gasteiger partial charge in [-0.15, -0.1) is 0 Å². The number of carbonyl (C=O) groups excluding carboxylic acids is 2. The number of amides is 1. The molecular formula is C15H22N2O3. The van der Waals surface area contributed by atoms with Gasteiger partial charge < -0.3 is 9.64 Å². The number of benzene rings is 1. The highest BCUT2D eigenvalue weighted by Crippen LogP contribution is 2.12. The van der Waals surface area contributed by atoms with E-state index in [2.05, 4.69) is 0 Å². The Morgan fingerprint density at radius 3 is 2.15 bits per heavy atom. The molecule has 5 heteroatoms. The summed E-state index contributed by atoms with van der Waals surface area (Å²) in [6.07, 6.45) is 0. The van der Waals surface area contributed by atoms with Gasteiger partial charge in [-0.1, -0.05) is 0 Å². The second-order valence-corrected chi connectivity index (χ2v) is 4.84. The van der Waals surface area contributed by atoms with Gasteiger partial charge in [-0.2, -0.15) is 0 Å². The molecule has 0 aromatic heterocycles. The second kappa shape index (κ2) is 7.65. The highest BCUT2D eigenvalue weighted by molar-refractivity contribution is 5.97. The predicted octanol–water partition coefficient (Wildman–Crippen LogP) is 1.29. The van der Waals surface area contributed by atoms with Crippen molar-refractivity contribution in [1.82, 2.24) is 9.80 Å². The fraction of sp³-hybridized carbons (Fsp3) is 0.467. The summed E-state index contributed by atoms with van der Waals surface area (Å²) >= 11 is 0. The van der Waals surface area contributed by atoms with E-state index in [-0.39, 0.29) is 24.8 Å². The Morgan fingerprint density at radius 1 is 1.05 bits per heavy atom. The summed E-state index contributed by atoms with van der Waals surface area (Å²) in [4.78, 5) is 26.8. The average Bonchev–Trinajstić information content (AvgIpc) is 2.39. The largest absolute Gasteiger partial charge is 0.494 e. The molecule has 0 aliphatic carbocycles. The third-order valence-corrected chi connectivity index (χ3v) is 2.80. The molecule has 0 aliphatic rings. The first kappa shape index (κ1) is 16.2. The predicted molar refractivity (Wildman–Crippen MR) is 78.1 cm³/mol. The average molecular weight is 278 g/mol. The molecule has 0 atom stereocenters. The van der Waals surface area contributed by atoms with Gasteiger partial charge in [-0.3, -0.25) is 14.5 Å². The normalized spacial score (nSPS) is 10.4. The molecular weight excluding hydrogens is 256 g/mol. The van der Waals surface area contributed by atoms with Crippen LogP contribution in [0.5, 0.6) is 5.75 Å².